The van der Waals surface area contributed by atoms with Gasteiger partial charge in [-0.1, -0.05) is 39.5 Å². The molecule has 24 heavy (non-hydrogen) atoms. The molecule has 0 aromatic carbocycles. The third kappa shape index (κ3) is 24.0. The number of rotatable bonds is 14. The molecule has 0 spiro atoms. The Bertz CT molecular complexity index is 288. The van der Waals surface area contributed by atoms with Crippen molar-refractivity contribution in [1.82, 2.24) is 5.32 Å². The third-order valence-corrected chi connectivity index (χ3v) is 3.59. The van der Waals surface area contributed by atoms with E-state index in [0.717, 1.165) is 0 Å². The van der Waals surface area contributed by atoms with Crippen molar-refractivity contribution in [3.8, 4) is 0 Å². The van der Waals surface area contributed by atoms with Crippen molar-refractivity contribution in [3.63, 3.8) is 0 Å². The quantitative estimate of drug-likeness (QED) is 0.261. The van der Waals surface area contributed by atoms with Crippen molar-refractivity contribution in [3.05, 3.63) is 0 Å². The van der Waals surface area contributed by atoms with Gasteiger partial charge in [0.2, 0.25) is 0 Å². The van der Waals surface area contributed by atoms with Crippen molar-refractivity contribution in [2.75, 3.05) is 26.3 Å². The molecule has 148 valence electrons. The number of phosphoric acid groups is 1. The van der Waals surface area contributed by atoms with E-state index in [-0.39, 0.29) is 0 Å². The second-order valence-electron chi connectivity index (χ2n) is 5.01. The first kappa shape index (κ1) is 26.0. The molecule has 0 atom stereocenters. The smallest absolute Gasteiger partial charge is 0.317 e. The minimum atomic E-state index is -4.76. The van der Waals surface area contributed by atoms with Crippen LogP contribution in [-0.2, 0) is 13.6 Å². The number of unbranched alkanes of at least 4 members (excludes halogenated alkanes) is 4. The van der Waals surface area contributed by atoms with E-state index in [1.807, 2.05) is 0 Å². The van der Waals surface area contributed by atoms with Crippen molar-refractivity contribution >= 4 is 7.82 Å². The summed E-state index contributed by atoms with van der Waals surface area (Å²) in [5, 5.41) is 3.46. The van der Waals surface area contributed by atoms with E-state index in [1.165, 1.54) is 51.6 Å². The monoisotopic (exact) mass is 383 g/mol. The van der Waals surface area contributed by atoms with E-state index in [0.29, 0.717) is 0 Å². The maximum Gasteiger partial charge on any atom is 0.472 e. The maximum absolute atomic E-state index is 11.4. The van der Waals surface area contributed by atoms with Gasteiger partial charge in [-0.25, -0.2) is 22.1 Å². The molecule has 0 fully saturated rings. The predicted molar refractivity (Wildman–Crippen MR) is 85.7 cm³/mol. The van der Waals surface area contributed by atoms with Crippen LogP contribution < -0.4 is 5.32 Å². The third-order valence-electron chi connectivity index (χ3n) is 2.64. The Morgan fingerprint density at radius 3 is 1.54 bits per heavy atom. The number of hydrogen-bond donors (Lipinski definition) is 2. The summed E-state index contributed by atoms with van der Waals surface area (Å²) < 4.78 is 63.4. The average Bonchev–Trinajstić information content (AvgIpc) is 2.51. The van der Waals surface area contributed by atoms with Gasteiger partial charge in [-0.05, 0) is 25.9 Å². The van der Waals surface area contributed by atoms with Crippen LogP contribution in [0.3, 0.4) is 0 Å². The van der Waals surface area contributed by atoms with Gasteiger partial charge in [-0.2, -0.15) is 0 Å². The van der Waals surface area contributed by atoms with E-state index in [2.05, 4.69) is 28.2 Å². The number of alkyl halides is 4. The van der Waals surface area contributed by atoms with Gasteiger partial charge in [0, 0.05) is 0 Å². The molecule has 0 rings (SSSR count). The summed E-state index contributed by atoms with van der Waals surface area (Å²) in [6.45, 7) is 4.26. The van der Waals surface area contributed by atoms with Crippen molar-refractivity contribution in [2.45, 2.75) is 65.2 Å². The molecule has 0 aliphatic rings. The van der Waals surface area contributed by atoms with Crippen LogP contribution in [0.1, 0.15) is 52.4 Å². The van der Waals surface area contributed by atoms with Crippen LogP contribution in [0.5, 0.6) is 0 Å². The Balaban J connectivity index is 0. The van der Waals surface area contributed by atoms with E-state index in [1.54, 1.807) is 0 Å². The summed E-state index contributed by atoms with van der Waals surface area (Å²) in [6.07, 6.45) is 2.19. The highest BCUT2D eigenvalue weighted by Gasteiger charge is 2.24. The molecular formula is C14H30F4NO4P. The van der Waals surface area contributed by atoms with Crippen LogP contribution in [0.4, 0.5) is 17.6 Å². The van der Waals surface area contributed by atoms with Crippen molar-refractivity contribution in [2.24, 2.45) is 0 Å². The summed E-state index contributed by atoms with van der Waals surface area (Å²) in [7, 11) is -4.76. The summed E-state index contributed by atoms with van der Waals surface area (Å²) >= 11 is 0. The highest BCUT2D eigenvalue weighted by molar-refractivity contribution is 7.47. The lowest BCUT2D eigenvalue weighted by Gasteiger charge is -2.10. The number of nitrogens with one attached hydrogen (secondary N) is 1. The predicted octanol–water partition coefficient (Wildman–Crippen LogP) is 4.61. The molecule has 2 N–H and O–H groups in total. The van der Waals surface area contributed by atoms with Gasteiger partial charge < -0.3 is 10.2 Å². The normalized spacial score (nSPS) is 11.7. The van der Waals surface area contributed by atoms with E-state index < -0.39 is 33.9 Å². The molecule has 0 radical (unpaired) electrons. The molecule has 0 aromatic heterocycles. The summed E-state index contributed by atoms with van der Waals surface area (Å²) in [4.78, 5) is 8.46. The first-order valence-electron chi connectivity index (χ1n) is 8.14. The van der Waals surface area contributed by atoms with Gasteiger partial charge in [0.1, 0.15) is 13.2 Å². The standard InChI is InChI=1S/C10H23N.C4H7F4O4P/c1-3-5-7-9-11-10-8-6-4-2;5-3(6)1-11-13(9,10)12-2-4(7)8/h11H,3-10H2,1-2H3;3-4H,1-2H2,(H,9,10). The fraction of sp³-hybridized carbons (Fsp3) is 1.00. The number of hydrogen-bond acceptors (Lipinski definition) is 4. The summed E-state index contributed by atoms with van der Waals surface area (Å²) in [5.74, 6) is 0. The van der Waals surface area contributed by atoms with E-state index >= 15 is 0 Å². The highest BCUT2D eigenvalue weighted by atomic mass is 31.2. The van der Waals surface area contributed by atoms with Crippen LogP contribution in [0.2, 0.25) is 0 Å². The van der Waals surface area contributed by atoms with Gasteiger partial charge >= 0.3 is 7.82 Å². The molecule has 0 aromatic rings. The molecule has 5 nitrogen and oxygen atoms in total. The topological polar surface area (TPSA) is 67.8 Å². The molecular weight excluding hydrogens is 353 g/mol. The average molecular weight is 383 g/mol. The number of halogens is 4. The second kappa shape index (κ2) is 17.6. The first-order valence-corrected chi connectivity index (χ1v) is 9.63. The van der Waals surface area contributed by atoms with Crippen molar-refractivity contribution in [1.29, 1.82) is 0 Å². The van der Waals surface area contributed by atoms with Crippen LogP contribution >= 0.6 is 7.82 Å². The van der Waals surface area contributed by atoms with Gasteiger partial charge in [0.15, 0.2) is 0 Å². The maximum atomic E-state index is 11.4. The zero-order chi connectivity index (χ0) is 18.8. The first-order chi connectivity index (χ1) is 11.2. The second-order valence-corrected chi connectivity index (χ2v) is 6.46. The minimum Gasteiger partial charge on any atom is -0.317 e. The Morgan fingerprint density at radius 2 is 1.25 bits per heavy atom. The lowest BCUT2D eigenvalue weighted by molar-refractivity contribution is 0.0292. The molecule has 0 aliphatic heterocycles. The minimum absolute atomic E-state index is 1.22. The van der Waals surface area contributed by atoms with E-state index in [9.17, 15) is 22.1 Å². The van der Waals surface area contributed by atoms with Crippen LogP contribution in [-0.4, -0.2) is 44.0 Å². The largest absolute Gasteiger partial charge is 0.472 e. The Labute approximate surface area is 141 Å². The van der Waals surface area contributed by atoms with Gasteiger partial charge in [0.05, 0.1) is 0 Å². The van der Waals surface area contributed by atoms with Crippen LogP contribution in [0, 0.1) is 0 Å². The van der Waals surface area contributed by atoms with Gasteiger partial charge in [-0.15, -0.1) is 0 Å². The zero-order valence-electron chi connectivity index (χ0n) is 14.4. The Morgan fingerprint density at radius 1 is 0.875 bits per heavy atom. The van der Waals surface area contributed by atoms with Crippen LogP contribution in [0.15, 0.2) is 0 Å². The molecule has 0 saturated heterocycles. The fourth-order valence-electron chi connectivity index (χ4n) is 1.46. The molecule has 0 bridgehead atoms. The molecule has 0 amide bonds. The molecule has 0 saturated carbocycles. The summed E-state index contributed by atoms with van der Waals surface area (Å²) in [5.41, 5.74) is 0. The summed E-state index contributed by atoms with van der Waals surface area (Å²) in [6, 6.07) is 0. The SMILES string of the molecule is CCCCCNCCCCC.O=P(O)(OCC(F)F)OCC(F)F. The molecule has 0 unspecified atom stereocenters. The highest BCUT2D eigenvalue weighted by Crippen LogP contribution is 2.43. The lowest BCUT2D eigenvalue weighted by atomic mass is 10.2. The Hall–Kier alpha value is -0.210. The van der Waals surface area contributed by atoms with Gasteiger partial charge in [0.25, 0.3) is 12.9 Å². The van der Waals surface area contributed by atoms with E-state index in [4.69, 9.17) is 4.89 Å². The van der Waals surface area contributed by atoms with Crippen LogP contribution in [0.25, 0.3) is 0 Å². The Kier molecular flexibility index (Phi) is 19.1. The zero-order valence-corrected chi connectivity index (χ0v) is 15.3. The van der Waals surface area contributed by atoms with Crippen molar-refractivity contribution < 1.29 is 36.1 Å². The lowest BCUT2D eigenvalue weighted by Crippen LogP contribution is -2.16. The molecule has 0 aliphatic carbocycles. The fourth-order valence-corrected chi connectivity index (χ4v) is 2.14. The number of phosphoric ester groups is 1. The molecule has 10 heteroatoms. The van der Waals surface area contributed by atoms with Gasteiger partial charge in [-0.3, -0.25) is 9.05 Å². The molecule has 0 heterocycles.